The van der Waals surface area contributed by atoms with Gasteiger partial charge in [-0.3, -0.25) is 4.68 Å². The molecule has 0 fully saturated rings. The summed E-state index contributed by atoms with van der Waals surface area (Å²) in [5.41, 5.74) is 5.62. The molecule has 0 saturated carbocycles. The first-order valence-electron chi connectivity index (χ1n) is 4.87. The van der Waals surface area contributed by atoms with Gasteiger partial charge in [0.2, 0.25) is 0 Å². The van der Waals surface area contributed by atoms with E-state index in [1.807, 2.05) is 29.2 Å². The molecule has 0 aliphatic heterocycles. The van der Waals surface area contributed by atoms with Gasteiger partial charge in [0.25, 0.3) is 0 Å². The Labute approximate surface area is 92.8 Å². The Kier molecular flexibility index (Phi) is 2.83. The fraction of sp³-hybridized carbons (Fsp3) is 0.400. The number of hydrogen-bond donors (Lipinski definition) is 1. The number of aryl methyl sites for hydroxylation is 1. The summed E-state index contributed by atoms with van der Waals surface area (Å²) >= 11 is 1.65. The number of rotatable bonds is 3. The molecule has 0 amide bonds. The minimum atomic E-state index is 0.246. The summed E-state index contributed by atoms with van der Waals surface area (Å²) < 4.78 is 1.81. The van der Waals surface area contributed by atoms with Gasteiger partial charge in [-0.15, -0.1) is 11.3 Å². The Hall–Kier alpha value is -1.20. The zero-order valence-electron chi connectivity index (χ0n) is 8.84. The molecular weight excluding hydrogens is 208 g/mol. The van der Waals surface area contributed by atoms with Crippen LogP contribution in [0.15, 0.2) is 17.5 Å². The maximum absolute atomic E-state index is 5.62. The van der Waals surface area contributed by atoms with Gasteiger partial charge in [0.15, 0.2) is 5.82 Å². The van der Waals surface area contributed by atoms with E-state index >= 15 is 0 Å². The molecule has 1 unspecified atom stereocenters. The minimum Gasteiger partial charge on any atom is -0.330 e. The summed E-state index contributed by atoms with van der Waals surface area (Å²) in [5.74, 6) is 1.99. The topological polar surface area (TPSA) is 56.7 Å². The van der Waals surface area contributed by atoms with E-state index in [0.717, 1.165) is 16.5 Å². The molecule has 2 heterocycles. The number of aromatic nitrogens is 3. The molecule has 4 nitrogen and oxygen atoms in total. The third-order valence-electron chi connectivity index (χ3n) is 2.33. The van der Waals surface area contributed by atoms with Crippen molar-refractivity contribution in [3.05, 3.63) is 23.3 Å². The fourth-order valence-corrected chi connectivity index (χ4v) is 2.09. The van der Waals surface area contributed by atoms with Crippen molar-refractivity contribution in [3.8, 4) is 10.7 Å². The van der Waals surface area contributed by atoms with Gasteiger partial charge in [0.1, 0.15) is 5.82 Å². The molecule has 0 aliphatic rings. The van der Waals surface area contributed by atoms with Crippen LogP contribution in [-0.2, 0) is 7.05 Å². The number of nitrogens with zero attached hydrogens (tertiary/aromatic N) is 3. The molecule has 15 heavy (non-hydrogen) atoms. The SMILES string of the molecule is CC(CN)c1nc(-c2cccs2)nn1C. The highest BCUT2D eigenvalue weighted by atomic mass is 32.1. The van der Waals surface area contributed by atoms with Crippen LogP contribution in [0.25, 0.3) is 10.7 Å². The van der Waals surface area contributed by atoms with E-state index in [4.69, 9.17) is 5.73 Å². The second-order valence-electron chi connectivity index (χ2n) is 3.53. The average molecular weight is 222 g/mol. The van der Waals surface area contributed by atoms with E-state index in [2.05, 4.69) is 17.0 Å². The van der Waals surface area contributed by atoms with E-state index in [0.29, 0.717) is 6.54 Å². The van der Waals surface area contributed by atoms with Crippen molar-refractivity contribution >= 4 is 11.3 Å². The average Bonchev–Trinajstić information content (AvgIpc) is 2.84. The van der Waals surface area contributed by atoms with Crippen molar-refractivity contribution in [1.29, 1.82) is 0 Å². The molecule has 0 radical (unpaired) electrons. The van der Waals surface area contributed by atoms with Crippen molar-refractivity contribution < 1.29 is 0 Å². The summed E-state index contributed by atoms with van der Waals surface area (Å²) in [7, 11) is 1.91. The summed E-state index contributed by atoms with van der Waals surface area (Å²) in [6.07, 6.45) is 0. The molecule has 0 aromatic carbocycles. The van der Waals surface area contributed by atoms with Gasteiger partial charge >= 0.3 is 0 Å². The predicted molar refractivity (Wildman–Crippen MR) is 61.8 cm³/mol. The second kappa shape index (κ2) is 4.12. The van der Waals surface area contributed by atoms with Crippen LogP contribution in [0.4, 0.5) is 0 Å². The lowest BCUT2D eigenvalue weighted by atomic mass is 10.2. The van der Waals surface area contributed by atoms with Gasteiger partial charge in [-0.05, 0) is 11.4 Å². The van der Waals surface area contributed by atoms with Gasteiger partial charge in [-0.1, -0.05) is 13.0 Å². The third kappa shape index (κ3) is 1.93. The van der Waals surface area contributed by atoms with Crippen LogP contribution in [0.3, 0.4) is 0 Å². The second-order valence-corrected chi connectivity index (χ2v) is 4.48. The first-order chi connectivity index (χ1) is 7.22. The number of nitrogens with two attached hydrogens (primary N) is 1. The molecule has 0 spiro atoms. The summed E-state index contributed by atoms with van der Waals surface area (Å²) in [6, 6.07) is 4.03. The van der Waals surface area contributed by atoms with Gasteiger partial charge in [-0.2, -0.15) is 5.10 Å². The normalized spacial score (nSPS) is 13.0. The van der Waals surface area contributed by atoms with Crippen LogP contribution in [0.2, 0.25) is 0 Å². The molecule has 2 N–H and O–H groups in total. The van der Waals surface area contributed by atoms with E-state index in [-0.39, 0.29) is 5.92 Å². The molecule has 1 atom stereocenters. The van der Waals surface area contributed by atoms with Gasteiger partial charge in [-0.25, -0.2) is 4.98 Å². The molecule has 2 aromatic heterocycles. The van der Waals surface area contributed by atoms with Crippen LogP contribution in [0.5, 0.6) is 0 Å². The number of thiophene rings is 1. The monoisotopic (exact) mass is 222 g/mol. The predicted octanol–water partition coefficient (Wildman–Crippen LogP) is 1.61. The minimum absolute atomic E-state index is 0.246. The van der Waals surface area contributed by atoms with E-state index in [1.54, 1.807) is 11.3 Å². The molecule has 5 heteroatoms. The van der Waals surface area contributed by atoms with Gasteiger partial charge in [0.05, 0.1) is 4.88 Å². The first-order valence-corrected chi connectivity index (χ1v) is 5.75. The maximum atomic E-state index is 5.62. The van der Waals surface area contributed by atoms with E-state index in [1.165, 1.54) is 0 Å². The van der Waals surface area contributed by atoms with E-state index < -0.39 is 0 Å². The summed E-state index contributed by atoms with van der Waals surface area (Å²) in [4.78, 5) is 5.60. The van der Waals surface area contributed by atoms with Crippen molar-refractivity contribution in [1.82, 2.24) is 14.8 Å². The Morgan fingerprint density at radius 2 is 2.40 bits per heavy atom. The summed E-state index contributed by atoms with van der Waals surface area (Å²) in [6.45, 7) is 2.65. The largest absolute Gasteiger partial charge is 0.330 e. The van der Waals surface area contributed by atoms with Crippen molar-refractivity contribution in [2.75, 3.05) is 6.54 Å². The fourth-order valence-electron chi connectivity index (χ4n) is 1.44. The Bertz CT molecular complexity index is 432. The van der Waals surface area contributed by atoms with Crippen LogP contribution in [-0.4, -0.2) is 21.3 Å². The molecular formula is C10H14N4S. The van der Waals surface area contributed by atoms with Crippen LogP contribution in [0.1, 0.15) is 18.7 Å². The lowest BCUT2D eigenvalue weighted by Crippen LogP contribution is -2.13. The Morgan fingerprint density at radius 3 is 3.00 bits per heavy atom. The third-order valence-corrected chi connectivity index (χ3v) is 3.20. The molecule has 0 saturated heterocycles. The Morgan fingerprint density at radius 1 is 1.60 bits per heavy atom. The van der Waals surface area contributed by atoms with Gasteiger partial charge < -0.3 is 5.73 Å². The maximum Gasteiger partial charge on any atom is 0.191 e. The molecule has 0 bridgehead atoms. The molecule has 2 rings (SSSR count). The van der Waals surface area contributed by atoms with Crippen LogP contribution in [0, 0.1) is 0 Å². The van der Waals surface area contributed by atoms with Crippen molar-refractivity contribution in [3.63, 3.8) is 0 Å². The highest BCUT2D eigenvalue weighted by Crippen LogP contribution is 2.22. The highest BCUT2D eigenvalue weighted by Gasteiger charge is 2.14. The lowest BCUT2D eigenvalue weighted by molar-refractivity contribution is 0.629. The standard InChI is InChI=1S/C10H14N4S/c1-7(6-11)10-12-9(13-14(10)2)8-4-3-5-15-8/h3-5,7H,6,11H2,1-2H3. The Balaban J connectivity index is 2.37. The lowest BCUT2D eigenvalue weighted by Gasteiger charge is -2.05. The highest BCUT2D eigenvalue weighted by molar-refractivity contribution is 7.13. The molecule has 2 aromatic rings. The number of hydrogen-bond acceptors (Lipinski definition) is 4. The van der Waals surface area contributed by atoms with Crippen molar-refractivity contribution in [2.24, 2.45) is 12.8 Å². The van der Waals surface area contributed by atoms with Crippen LogP contribution < -0.4 is 5.73 Å². The first kappa shape index (κ1) is 10.3. The molecule has 0 aliphatic carbocycles. The van der Waals surface area contributed by atoms with Gasteiger partial charge in [0, 0.05) is 19.5 Å². The van der Waals surface area contributed by atoms with Crippen molar-refractivity contribution in [2.45, 2.75) is 12.8 Å². The van der Waals surface area contributed by atoms with E-state index in [9.17, 15) is 0 Å². The molecule has 80 valence electrons. The zero-order valence-corrected chi connectivity index (χ0v) is 9.66. The summed E-state index contributed by atoms with van der Waals surface area (Å²) in [5, 5.41) is 6.41. The quantitative estimate of drug-likeness (QED) is 0.858. The zero-order chi connectivity index (χ0) is 10.8. The smallest absolute Gasteiger partial charge is 0.191 e. The van der Waals surface area contributed by atoms with Crippen LogP contribution >= 0.6 is 11.3 Å².